The molecule has 0 radical (unpaired) electrons. The largest absolute Gasteiger partial charge is 0.508 e. The first-order valence-electron chi connectivity index (χ1n) is 5.00. The highest BCUT2D eigenvalue weighted by Gasteiger charge is 2.11. The van der Waals surface area contributed by atoms with Crippen LogP contribution in [0.15, 0.2) is 18.2 Å². The molecule has 0 heterocycles. The summed E-state index contributed by atoms with van der Waals surface area (Å²) in [5, 5.41) is 9.06. The van der Waals surface area contributed by atoms with Gasteiger partial charge in [0.25, 0.3) is 0 Å². The van der Waals surface area contributed by atoms with Gasteiger partial charge >= 0.3 is 0 Å². The van der Waals surface area contributed by atoms with Crippen LogP contribution in [-0.2, 0) is 9.57 Å². The van der Waals surface area contributed by atoms with Crippen molar-refractivity contribution in [1.29, 1.82) is 0 Å². The van der Waals surface area contributed by atoms with Gasteiger partial charge in [-0.15, -0.1) is 0 Å². The zero-order valence-corrected chi connectivity index (χ0v) is 9.37. The second kappa shape index (κ2) is 6.42. The summed E-state index contributed by atoms with van der Waals surface area (Å²) in [5.74, 6) is -0.552. The Morgan fingerprint density at radius 1 is 1.44 bits per heavy atom. The molecule has 0 bridgehead atoms. The number of phenols is 1. The third-order valence-corrected chi connectivity index (χ3v) is 2.10. The van der Waals surface area contributed by atoms with E-state index in [9.17, 15) is 4.39 Å². The van der Waals surface area contributed by atoms with Gasteiger partial charge in [-0.1, -0.05) is 6.07 Å². The molecular weight excluding hydrogens is 213 g/mol. The highest BCUT2D eigenvalue weighted by Crippen LogP contribution is 2.20. The van der Waals surface area contributed by atoms with Crippen LogP contribution in [0.4, 0.5) is 4.39 Å². The van der Waals surface area contributed by atoms with Crippen LogP contribution >= 0.6 is 0 Å². The highest BCUT2D eigenvalue weighted by atomic mass is 19.1. The van der Waals surface area contributed by atoms with Gasteiger partial charge in [0.05, 0.1) is 19.3 Å². The topological polar surface area (TPSA) is 50.7 Å². The molecule has 0 saturated heterocycles. The standard InChI is InChI=1S/C11H16FNO3/c1-8(13-16-6-5-15-2)10-4-3-9(14)7-11(10)12/h3-4,7-8,13-14H,5-6H2,1-2H3. The number of ether oxygens (including phenoxy) is 1. The molecule has 0 aromatic heterocycles. The zero-order valence-electron chi connectivity index (χ0n) is 9.37. The number of nitrogens with one attached hydrogen (secondary N) is 1. The van der Waals surface area contributed by atoms with Gasteiger partial charge < -0.3 is 9.84 Å². The second-order valence-electron chi connectivity index (χ2n) is 3.39. The van der Waals surface area contributed by atoms with E-state index in [1.54, 1.807) is 14.0 Å². The van der Waals surface area contributed by atoms with Crippen molar-refractivity contribution in [3.8, 4) is 5.75 Å². The second-order valence-corrected chi connectivity index (χ2v) is 3.39. The summed E-state index contributed by atoms with van der Waals surface area (Å²) in [6, 6.07) is 3.73. The molecule has 16 heavy (non-hydrogen) atoms. The van der Waals surface area contributed by atoms with Gasteiger partial charge in [0.2, 0.25) is 0 Å². The summed E-state index contributed by atoms with van der Waals surface area (Å²) < 4.78 is 18.2. The van der Waals surface area contributed by atoms with Crippen LogP contribution in [0.2, 0.25) is 0 Å². The maximum absolute atomic E-state index is 13.4. The van der Waals surface area contributed by atoms with E-state index in [2.05, 4.69) is 5.48 Å². The van der Waals surface area contributed by atoms with Crippen LogP contribution in [-0.4, -0.2) is 25.4 Å². The zero-order chi connectivity index (χ0) is 12.0. The number of halogens is 1. The van der Waals surface area contributed by atoms with E-state index in [0.717, 1.165) is 6.07 Å². The van der Waals surface area contributed by atoms with Crippen LogP contribution in [0.25, 0.3) is 0 Å². The SMILES string of the molecule is COCCONC(C)c1ccc(O)cc1F. The number of aromatic hydroxyl groups is 1. The monoisotopic (exact) mass is 229 g/mol. The van der Waals surface area contributed by atoms with Crippen molar-refractivity contribution in [3.63, 3.8) is 0 Å². The Morgan fingerprint density at radius 3 is 2.81 bits per heavy atom. The molecule has 90 valence electrons. The smallest absolute Gasteiger partial charge is 0.131 e. The normalized spacial score (nSPS) is 12.7. The van der Waals surface area contributed by atoms with Gasteiger partial charge in [-0.25, -0.2) is 4.39 Å². The van der Waals surface area contributed by atoms with Gasteiger partial charge in [0.15, 0.2) is 0 Å². The number of methoxy groups -OCH3 is 1. The molecule has 0 spiro atoms. The molecule has 1 unspecified atom stereocenters. The number of hydrogen-bond acceptors (Lipinski definition) is 4. The lowest BCUT2D eigenvalue weighted by Gasteiger charge is -2.14. The fourth-order valence-corrected chi connectivity index (χ4v) is 1.24. The summed E-state index contributed by atoms with van der Waals surface area (Å²) in [6.45, 7) is 2.63. The minimum atomic E-state index is -0.463. The quantitative estimate of drug-likeness (QED) is 0.576. The Bertz CT molecular complexity index is 333. The molecule has 1 atom stereocenters. The summed E-state index contributed by atoms with van der Waals surface area (Å²) in [5.41, 5.74) is 3.13. The average molecular weight is 229 g/mol. The molecule has 5 heteroatoms. The van der Waals surface area contributed by atoms with Crippen molar-refractivity contribution < 1.29 is 19.1 Å². The van der Waals surface area contributed by atoms with E-state index in [1.165, 1.54) is 12.1 Å². The minimum Gasteiger partial charge on any atom is -0.508 e. The summed E-state index contributed by atoms with van der Waals surface area (Å²) in [7, 11) is 1.58. The molecule has 1 aromatic carbocycles. The number of phenolic OH excluding ortho intramolecular Hbond substituents is 1. The van der Waals surface area contributed by atoms with Gasteiger partial charge in [0.1, 0.15) is 11.6 Å². The van der Waals surface area contributed by atoms with Gasteiger partial charge in [-0.3, -0.25) is 4.84 Å². The first kappa shape index (κ1) is 12.9. The molecule has 1 aromatic rings. The van der Waals surface area contributed by atoms with Crippen LogP contribution in [0, 0.1) is 5.82 Å². The highest BCUT2D eigenvalue weighted by molar-refractivity contribution is 5.29. The van der Waals surface area contributed by atoms with Crippen molar-refractivity contribution in [2.45, 2.75) is 13.0 Å². The van der Waals surface area contributed by atoms with Gasteiger partial charge in [-0.05, 0) is 13.0 Å². The van der Waals surface area contributed by atoms with Gasteiger partial charge in [0, 0.05) is 18.7 Å². The number of benzene rings is 1. The summed E-state index contributed by atoms with van der Waals surface area (Å²) in [6.07, 6.45) is 0. The Balaban J connectivity index is 2.49. The molecule has 2 N–H and O–H groups in total. The molecular formula is C11H16FNO3. The maximum atomic E-state index is 13.4. The first-order chi connectivity index (χ1) is 7.65. The minimum absolute atomic E-state index is 0.0891. The molecule has 0 amide bonds. The molecule has 0 saturated carbocycles. The van der Waals surface area contributed by atoms with Crippen molar-refractivity contribution in [2.75, 3.05) is 20.3 Å². The predicted octanol–water partition coefficient (Wildman–Crippen LogP) is 1.76. The molecule has 4 nitrogen and oxygen atoms in total. The Morgan fingerprint density at radius 2 is 2.19 bits per heavy atom. The van der Waals surface area contributed by atoms with E-state index >= 15 is 0 Å². The lowest BCUT2D eigenvalue weighted by Crippen LogP contribution is -2.22. The Hall–Kier alpha value is -1.17. The van der Waals surface area contributed by atoms with Crippen molar-refractivity contribution in [2.24, 2.45) is 0 Å². The molecule has 0 aliphatic carbocycles. The van der Waals surface area contributed by atoms with Crippen LogP contribution in [0.1, 0.15) is 18.5 Å². The number of rotatable bonds is 6. The Labute approximate surface area is 93.9 Å². The van der Waals surface area contributed by atoms with Crippen LogP contribution in [0.5, 0.6) is 5.75 Å². The third kappa shape index (κ3) is 3.77. The molecule has 1 rings (SSSR count). The van der Waals surface area contributed by atoms with Crippen LogP contribution in [0.3, 0.4) is 0 Å². The van der Waals surface area contributed by atoms with Gasteiger partial charge in [-0.2, -0.15) is 5.48 Å². The average Bonchev–Trinajstić information content (AvgIpc) is 2.24. The van der Waals surface area contributed by atoms with E-state index in [4.69, 9.17) is 14.7 Å². The van der Waals surface area contributed by atoms with E-state index < -0.39 is 5.82 Å². The van der Waals surface area contributed by atoms with Crippen LogP contribution < -0.4 is 5.48 Å². The van der Waals surface area contributed by atoms with E-state index in [1.807, 2.05) is 0 Å². The number of hydroxylamine groups is 1. The molecule has 0 fully saturated rings. The fraction of sp³-hybridized carbons (Fsp3) is 0.455. The van der Waals surface area contributed by atoms with E-state index in [0.29, 0.717) is 18.8 Å². The molecule has 0 aliphatic rings. The first-order valence-corrected chi connectivity index (χ1v) is 5.00. The summed E-state index contributed by atoms with van der Waals surface area (Å²) in [4.78, 5) is 5.07. The van der Waals surface area contributed by atoms with E-state index in [-0.39, 0.29) is 11.8 Å². The lowest BCUT2D eigenvalue weighted by atomic mass is 10.1. The van der Waals surface area contributed by atoms with Crippen molar-refractivity contribution in [3.05, 3.63) is 29.6 Å². The lowest BCUT2D eigenvalue weighted by molar-refractivity contribution is -0.00978. The third-order valence-electron chi connectivity index (χ3n) is 2.10. The number of hydrogen-bond donors (Lipinski definition) is 2. The van der Waals surface area contributed by atoms with Crippen molar-refractivity contribution in [1.82, 2.24) is 5.48 Å². The predicted molar refractivity (Wildman–Crippen MR) is 57.4 cm³/mol. The summed E-state index contributed by atoms with van der Waals surface area (Å²) >= 11 is 0. The molecule has 0 aliphatic heterocycles. The maximum Gasteiger partial charge on any atom is 0.131 e. The fourth-order valence-electron chi connectivity index (χ4n) is 1.24. The van der Waals surface area contributed by atoms with Crippen molar-refractivity contribution >= 4 is 0 Å². The Kier molecular flexibility index (Phi) is 5.18.